The molecule has 0 spiro atoms. The Bertz CT molecular complexity index is 397. The van der Waals surface area contributed by atoms with Crippen molar-refractivity contribution in [1.29, 1.82) is 0 Å². The van der Waals surface area contributed by atoms with Crippen LogP contribution in [0.3, 0.4) is 0 Å². The minimum Gasteiger partial charge on any atom is -0.392 e. The van der Waals surface area contributed by atoms with Crippen molar-refractivity contribution in [3.05, 3.63) is 11.6 Å². The standard InChI is InChI=1S/C12H20N4O/c1-8-14-15-12(11-6-10(17)7-13-11)16(8)9-4-2-3-5-9/h9-11,13,17H,2-7H2,1H3/t10?,11-/m0/s1. The van der Waals surface area contributed by atoms with Gasteiger partial charge in [-0.2, -0.15) is 0 Å². The molecule has 1 saturated heterocycles. The van der Waals surface area contributed by atoms with Gasteiger partial charge in [0, 0.05) is 12.6 Å². The molecule has 1 aliphatic carbocycles. The summed E-state index contributed by atoms with van der Waals surface area (Å²) in [4.78, 5) is 0. The van der Waals surface area contributed by atoms with Crippen molar-refractivity contribution >= 4 is 0 Å². The van der Waals surface area contributed by atoms with Gasteiger partial charge in [0.2, 0.25) is 0 Å². The second kappa shape index (κ2) is 4.38. The second-order valence-corrected chi connectivity index (χ2v) is 5.26. The van der Waals surface area contributed by atoms with E-state index in [0.717, 1.165) is 18.1 Å². The molecule has 5 nitrogen and oxygen atoms in total. The molecule has 1 aromatic rings. The summed E-state index contributed by atoms with van der Waals surface area (Å²) in [7, 11) is 0. The lowest BCUT2D eigenvalue weighted by atomic mass is 10.1. The molecule has 2 aliphatic rings. The van der Waals surface area contributed by atoms with Crippen molar-refractivity contribution in [1.82, 2.24) is 20.1 Å². The van der Waals surface area contributed by atoms with Crippen molar-refractivity contribution in [2.45, 2.75) is 57.2 Å². The quantitative estimate of drug-likeness (QED) is 0.807. The molecule has 0 radical (unpaired) electrons. The lowest BCUT2D eigenvalue weighted by Gasteiger charge is -2.18. The van der Waals surface area contributed by atoms with Crippen LogP contribution in [0.25, 0.3) is 0 Å². The first-order chi connectivity index (χ1) is 8.25. The Kier molecular flexibility index (Phi) is 2.88. The van der Waals surface area contributed by atoms with E-state index in [1.807, 2.05) is 6.92 Å². The van der Waals surface area contributed by atoms with Crippen molar-refractivity contribution in [3.63, 3.8) is 0 Å². The summed E-state index contributed by atoms with van der Waals surface area (Å²) < 4.78 is 2.29. The topological polar surface area (TPSA) is 63.0 Å². The Morgan fingerprint density at radius 3 is 2.71 bits per heavy atom. The number of rotatable bonds is 2. The largest absolute Gasteiger partial charge is 0.392 e. The van der Waals surface area contributed by atoms with E-state index in [0.29, 0.717) is 12.6 Å². The molecular formula is C12H20N4O. The third-order valence-electron chi connectivity index (χ3n) is 4.00. The van der Waals surface area contributed by atoms with Crippen LogP contribution in [-0.4, -0.2) is 32.5 Å². The summed E-state index contributed by atoms with van der Waals surface area (Å²) >= 11 is 0. The zero-order chi connectivity index (χ0) is 11.8. The van der Waals surface area contributed by atoms with E-state index in [2.05, 4.69) is 20.1 Å². The van der Waals surface area contributed by atoms with Gasteiger partial charge in [-0.1, -0.05) is 12.8 Å². The Balaban J connectivity index is 1.88. The van der Waals surface area contributed by atoms with Crippen molar-refractivity contribution in [2.75, 3.05) is 6.54 Å². The molecule has 0 amide bonds. The van der Waals surface area contributed by atoms with Gasteiger partial charge in [-0.25, -0.2) is 0 Å². The van der Waals surface area contributed by atoms with Crippen LogP contribution in [-0.2, 0) is 0 Å². The summed E-state index contributed by atoms with van der Waals surface area (Å²) in [6, 6.07) is 0.742. The number of nitrogens with zero attached hydrogens (tertiary/aromatic N) is 3. The molecule has 17 heavy (non-hydrogen) atoms. The van der Waals surface area contributed by atoms with Gasteiger partial charge in [0.15, 0.2) is 5.82 Å². The zero-order valence-corrected chi connectivity index (χ0v) is 10.3. The van der Waals surface area contributed by atoms with E-state index >= 15 is 0 Å². The number of aryl methyl sites for hydroxylation is 1. The number of aliphatic hydroxyl groups is 1. The summed E-state index contributed by atoms with van der Waals surface area (Å²) in [6.07, 6.45) is 5.60. The van der Waals surface area contributed by atoms with Gasteiger partial charge in [-0.05, 0) is 26.2 Å². The van der Waals surface area contributed by atoms with Gasteiger partial charge in [0.1, 0.15) is 5.82 Å². The van der Waals surface area contributed by atoms with E-state index < -0.39 is 0 Å². The maximum absolute atomic E-state index is 9.60. The van der Waals surface area contributed by atoms with Gasteiger partial charge in [-0.15, -0.1) is 10.2 Å². The third kappa shape index (κ3) is 1.98. The van der Waals surface area contributed by atoms with Gasteiger partial charge in [-0.3, -0.25) is 0 Å². The monoisotopic (exact) mass is 236 g/mol. The Morgan fingerprint density at radius 1 is 1.29 bits per heavy atom. The summed E-state index contributed by atoms with van der Waals surface area (Å²) in [5.74, 6) is 2.03. The maximum Gasteiger partial charge on any atom is 0.150 e. The smallest absolute Gasteiger partial charge is 0.150 e. The van der Waals surface area contributed by atoms with Crippen LogP contribution in [0.5, 0.6) is 0 Å². The van der Waals surface area contributed by atoms with Crippen LogP contribution >= 0.6 is 0 Å². The molecule has 94 valence electrons. The molecule has 2 heterocycles. The fraction of sp³-hybridized carbons (Fsp3) is 0.833. The molecule has 1 unspecified atom stereocenters. The first kappa shape index (κ1) is 11.2. The van der Waals surface area contributed by atoms with Crippen LogP contribution in [0.15, 0.2) is 0 Å². The fourth-order valence-corrected chi connectivity index (χ4v) is 3.15. The summed E-state index contributed by atoms with van der Waals surface area (Å²) in [5, 5.41) is 21.5. The molecule has 2 atom stereocenters. The normalized spacial score (nSPS) is 30.2. The van der Waals surface area contributed by atoms with E-state index in [-0.39, 0.29) is 12.1 Å². The van der Waals surface area contributed by atoms with Gasteiger partial charge in [0.25, 0.3) is 0 Å². The Labute approximate surface area is 101 Å². The lowest BCUT2D eigenvalue weighted by molar-refractivity contribution is 0.192. The van der Waals surface area contributed by atoms with Crippen molar-refractivity contribution in [2.24, 2.45) is 0 Å². The first-order valence-electron chi connectivity index (χ1n) is 6.58. The maximum atomic E-state index is 9.60. The number of aliphatic hydroxyl groups excluding tert-OH is 1. The van der Waals surface area contributed by atoms with E-state index in [9.17, 15) is 5.11 Å². The van der Waals surface area contributed by atoms with E-state index in [1.165, 1.54) is 25.7 Å². The molecule has 1 aromatic heterocycles. The summed E-state index contributed by atoms with van der Waals surface area (Å²) in [6.45, 7) is 2.70. The molecule has 0 bridgehead atoms. The van der Waals surface area contributed by atoms with Crippen LogP contribution in [0.4, 0.5) is 0 Å². The van der Waals surface area contributed by atoms with Crippen molar-refractivity contribution in [3.8, 4) is 0 Å². The Hall–Kier alpha value is -0.940. The highest BCUT2D eigenvalue weighted by molar-refractivity contribution is 5.06. The number of nitrogens with one attached hydrogen (secondary N) is 1. The molecule has 1 saturated carbocycles. The highest BCUT2D eigenvalue weighted by Gasteiger charge is 2.31. The molecule has 1 aliphatic heterocycles. The van der Waals surface area contributed by atoms with E-state index in [1.54, 1.807) is 0 Å². The van der Waals surface area contributed by atoms with Gasteiger partial charge < -0.3 is 15.0 Å². The van der Waals surface area contributed by atoms with E-state index in [4.69, 9.17) is 0 Å². The number of hydrogen-bond donors (Lipinski definition) is 2. The predicted octanol–water partition coefficient (Wildman–Crippen LogP) is 1.10. The first-order valence-corrected chi connectivity index (χ1v) is 6.58. The number of aromatic nitrogens is 3. The second-order valence-electron chi connectivity index (χ2n) is 5.26. The minimum absolute atomic E-state index is 0.173. The van der Waals surface area contributed by atoms with Gasteiger partial charge >= 0.3 is 0 Å². The molecule has 0 aromatic carbocycles. The highest BCUT2D eigenvalue weighted by atomic mass is 16.3. The molecule has 3 rings (SSSR count). The summed E-state index contributed by atoms with van der Waals surface area (Å²) in [5.41, 5.74) is 0. The number of β-amino-alcohol motifs (C(OH)–C–C–N with tert-alkyl or cyclic N) is 1. The molecule has 2 N–H and O–H groups in total. The van der Waals surface area contributed by atoms with Crippen LogP contribution in [0.2, 0.25) is 0 Å². The Morgan fingerprint density at radius 2 is 2.06 bits per heavy atom. The highest BCUT2D eigenvalue weighted by Crippen LogP contribution is 2.33. The van der Waals surface area contributed by atoms with Crippen LogP contribution in [0.1, 0.15) is 55.8 Å². The van der Waals surface area contributed by atoms with Gasteiger partial charge in [0.05, 0.1) is 12.1 Å². The average Bonchev–Trinajstić information content (AvgIpc) is 2.97. The van der Waals surface area contributed by atoms with Crippen molar-refractivity contribution < 1.29 is 5.11 Å². The molecular weight excluding hydrogens is 216 g/mol. The average molecular weight is 236 g/mol. The lowest BCUT2D eigenvalue weighted by Crippen LogP contribution is -2.20. The minimum atomic E-state index is -0.242. The fourth-order valence-electron chi connectivity index (χ4n) is 3.15. The zero-order valence-electron chi connectivity index (χ0n) is 10.3. The molecule has 5 heteroatoms. The van der Waals surface area contributed by atoms with Crippen LogP contribution < -0.4 is 5.32 Å². The number of hydrogen-bond acceptors (Lipinski definition) is 4. The SMILES string of the molecule is Cc1nnc([C@@H]2CC(O)CN2)n1C1CCCC1. The third-order valence-corrected chi connectivity index (χ3v) is 4.00. The molecule has 2 fully saturated rings. The van der Waals surface area contributed by atoms with Crippen LogP contribution in [0, 0.1) is 6.92 Å². The predicted molar refractivity (Wildman–Crippen MR) is 63.6 cm³/mol.